The van der Waals surface area contributed by atoms with E-state index >= 15 is 0 Å². The number of anilines is 1. The molecule has 1 fully saturated rings. The number of nitrogens with zero attached hydrogens (tertiary/aromatic N) is 2. The summed E-state index contributed by atoms with van der Waals surface area (Å²) < 4.78 is 2.18. The highest BCUT2D eigenvalue weighted by atomic mass is 15.2. The molecule has 2 aromatic rings. The summed E-state index contributed by atoms with van der Waals surface area (Å²) in [7, 11) is 2.19. The zero-order chi connectivity index (χ0) is 24.9. The van der Waals surface area contributed by atoms with Crippen molar-refractivity contribution in [3.05, 3.63) is 66.0 Å². The Morgan fingerprint density at radius 3 is 2.68 bits per heavy atom. The monoisotopic (exact) mass is 459 g/mol. The third kappa shape index (κ3) is 5.36. The van der Waals surface area contributed by atoms with Crippen molar-refractivity contribution in [1.82, 2.24) is 14.8 Å². The summed E-state index contributed by atoms with van der Waals surface area (Å²) in [6.45, 7) is 22.9. The molecule has 182 valence electrons. The summed E-state index contributed by atoms with van der Waals surface area (Å²) in [5, 5.41) is 19.1. The molecular formula is C29H41N5. The third-order valence-corrected chi connectivity index (χ3v) is 7.28. The summed E-state index contributed by atoms with van der Waals surface area (Å²) in [6, 6.07) is 6.76. The van der Waals surface area contributed by atoms with Crippen molar-refractivity contribution in [2.24, 2.45) is 0 Å². The van der Waals surface area contributed by atoms with Gasteiger partial charge < -0.3 is 25.5 Å². The highest BCUT2D eigenvalue weighted by Crippen LogP contribution is 2.26. The number of hydrogen-bond acceptors (Lipinski definition) is 4. The molecule has 5 nitrogen and oxygen atoms in total. The quantitative estimate of drug-likeness (QED) is 0.341. The van der Waals surface area contributed by atoms with Gasteiger partial charge in [0.1, 0.15) is 0 Å². The van der Waals surface area contributed by atoms with Gasteiger partial charge in [-0.2, -0.15) is 0 Å². The van der Waals surface area contributed by atoms with Crippen LogP contribution in [-0.2, 0) is 0 Å². The van der Waals surface area contributed by atoms with E-state index in [2.05, 4.69) is 79.4 Å². The van der Waals surface area contributed by atoms with Crippen molar-refractivity contribution in [3.63, 3.8) is 0 Å². The normalized spacial score (nSPS) is 19.5. The van der Waals surface area contributed by atoms with Crippen LogP contribution in [-0.4, -0.2) is 47.4 Å². The van der Waals surface area contributed by atoms with Crippen molar-refractivity contribution in [1.29, 1.82) is 5.41 Å². The Labute approximate surface area is 204 Å². The van der Waals surface area contributed by atoms with E-state index in [1.807, 2.05) is 24.4 Å². The first-order valence-corrected chi connectivity index (χ1v) is 12.2. The molecule has 3 rings (SSSR count). The highest BCUT2D eigenvalue weighted by molar-refractivity contribution is 5.95. The van der Waals surface area contributed by atoms with Crippen LogP contribution >= 0.6 is 0 Å². The van der Waals surface area contributed by atoms with Crippen LogP contribution < -0.4 is 21.3 Å². The largest absolute Gasteiger partial charge is 0.388 e. The Bertz CT molecular complexity index is 1170. The summed E-state index contributed by atoms with van der Waals surface area (Å²) in [6.07, 6.45) is 11.3. The number of piperidine rings is 1. The maximum absolute atomic E-state index is 7.92. The van der Waals surface area contributed by atoms with Crippen LogP contribution in [0.4, 0.5) is 5.69 Å². The highest BCUT2D eigenvalue weighted by Gasteiger charge is 2.31. The molecule has 2 unspecified atom stereocenters. The molecule has 0 spiro atoms. The average molecular weight is 460 g/mol. The van der Waals surface area contributed by atoms with Crippen LogP contribution in [0.3, 0.4) is 0 Å². The molecule has 0 saturated carbocycles. The fourth-order valence-electron chi connectivity index (χ4n) is 4.93. The Hall–Kier alpha value is -3.05. The van der Waals surface area contributed by atoms with E-state index in [1.165, 1.54) is 6.21 Å². The van der Waals surface area contributed by atoms with Crippen LogP contribution in [0, 0.1) is 5.41 Å². The first-order chi connectivity index (χ1) is 16.2. The SMILES string of the molecule is C=CCCC(C=C)n1c(=C)c2cccc(NC/C(C=N)=C/NC3CCN(C)C(C)(C)C3)c2c1=C. The molecule has 0 amide bonds. The Morgan fingerprint density at radius 2 is 2.03 bits per heavy atom. The van der Waals surface area contributed by atoms with Crippen molar-refractivity contribution in [2.75, 3.05) is 25.5 Å². The zero-order valence-electron chi connectivity index (χ0n) is 21.2. The van der Waals surface area contributed by atoms with E-state index in [0.29, 0.717) is 12.6 Å². The predicted octanol–water partition coefficient (Wildman–Crippen LogP) is 4.56. The summed E-state index contributed by atoms with van der Waals surface area (Å²) >= 11 is 0. The van der Waals surface area contributed by atoms with Gasteiger partial charge in [-0.1, -0.05) is 37.4 Å². The molecule has 2 heterocycles. The van der Waals surface area contributed by atoms with Gasteiger partial charge in [0.2, 0.25) is 0 Å². The minimum absolute atomic E-state index is 0.123. The van der Waals surface area contributed by atoms with Gasteiger partial charge in [-0.15, -0.1) is 13.2 Å². The van der Waals surface area contributed by atoms with Crippen LogP contribution in [0.15, 0.2) is 55.3 Å². The fraction of sp³-hybridized carbons (Fsp3) is 0.414. The van der Waals surface area contributed by atoms with E-state index in [-0.39, 0.29) is 11.6 Å². The second kappa shape index (κ2) is 10.9. The van der Waals surface area contributed by atoms with Gasteiger partial charge in [-0.3, -0.25) is 0 Å². The van der Waals surface area contributed by atoms with Crippen LogP contribution in [0.25, 0.3) is 23.9 Å². The molecule has 2 atom stereocenters. The van der Waals surface area contributed by atoms with E-state index in [1.54, 1.807) is 0 Å². The van der Waals surface area contributed by atoms with Gasteiger partial charge in [0, 0.05) is 69.8 Å². The Balaban J connectivity index is 1.80. The second-order valence-corrected chi connectivity index (χ2v) is 9.97. The van der Waals surface area contributed by atoms with Crippen LogP contribution in [0.2, 0.25) is 0 Å². The molecular weight excluding hydrogens is 418 g/mol. The summed E-state index contributed by atoms with van der Waals surface area (Å²) in [4.78, 5) is 2.42. The molecule has 1 aromatic heterocycles. The number of rotatable bonds is 11. The van der Waals surface area contributed by atoms with Crippen LogP contribution in [0.1, 0.15) is 45.6 Å². The van der Waals surface area contributed by atoms with Gasteiger partial charge in [0.15, 0.2) is 0 Å². The minimum atomic E-state index is 0.123. The molecule has 1 aromatic carbocycles. The van der Waals surface area contributed by atoms with Gasteiger partial charge >= 0.3 is 0 Å². The van der Waals surface area contributed by atoms with Crippen molar-refractivity contribution < 1.29 is 0 Å². The Kier molecular flexibility index (Phi) is 8.21. The molecule has 5 heteroatoms. The lowest BCUT2D eigenvalue weighted by molar-refractivity contribution is 0.0892. The minimum Gasteiger partial charge on any atom is -0.388 e. The zero-order valence-corrected chi connectivity index (χ0v) is 21.2. The Morgan fingerprint density at radius 1 is 1.26 bits per heavy atom. The number of fused-ring (bicyclic) bond motifs is 1. The average Bonchev–Trinajstić information content (AvgIpc) is 3.07. The number of benzene rings is 1. The molecule has 0 radical (unpaired) electrons. The molecule has 34 heavy (non-hydrogen) atoms. The smallest absolute Gasteiger partial charge is 0.0522 e. The second-order valence-electron chi connectivity index (χ2n) is 9.97. The van der Waals surface area contributed by atoms with Crippen molar-refractivity contribution in [2.45, 2.75) is 57.2 Å². The molecule has 1 saturated heterocycles. The first-order valence-electron chi connectivity index (χ1n) is 12.2. The summed E-state index contributed by atoms with van der Waals surface area (Å²) in [5.41, 5.74) is 2.09. The van der Waals surface area contributed by atoms with E-state index in [0.717, 1.165) is 65.0 Å². The number of hydrogen-bond donors (Lipinski definition) is 3. The lowest BCUT2D eigenvalue weighted by Crippen LogP contribution is -2.52. The van der Waals surface area contributed by atoms with E-state index in [9.17, 15) is 0 Å². The van der Waals surface area contributed by atoms with Crippen LogP contribution in [0.5, 0.6) is 0 Å². The maximum atomic E-state index is 7.92. The molecule has 0 aliphatic carbocycles. The molecule has 0 bridgehead atoms. The number of allylic oxidation sites excluding steroid dienone is 2. The lowest BCUT2D eigenvalue weighted by Gasteiger charge is -2.43. The standard InChI is InChI=1S/C29H41N5/c1-8-10-12-25(9-2)34-21(3)26-13-11-14-27(28(26)22(34)4)32-20-23(18-30)19-31-24-15-16-33(7)29(5,6)17-24/h8-9,11,13-14,18-19,24-25,30-32H,1-4,10,12,15-17,20H2,5-7H3/b23-19+,30-18?. The van der Waals surface area contributed by atoms with Gasteiger partial charge in [-0.25, -0.2) is 0 Å². The summed E-state index contributed by atoms with van der Waals surface area (Å²) in [5.74, 6) is 0. The number of likely N-dealkylation sites (tertiary alicyclic amines) is 1. The first kappa shape index (κ1) is 25.6. The van der Waals surface area contributed by atoms with Gasteiger partial charge in [-0.05, 0) is 52.6 Å². The van der Waals surface area contributed by atoms with Crippen molar-refractivity contribution >= 4 is 35.8 Å². The lowest BCUT2D eigenvalue weighted by atomic mass is 9.87. The maximum Gasteiger partial charge on any atom is 0.0522 e. The number of aromatic nitrogens is 1. The molecule has 3 N–H and O–H groups in total. The molecule has 1 aliphatic rings. The van der Waals surface area contributed by atoms with Gasteiger partial charge in [0.25, 0.3) is 0 Å². The fourth-order valence-corrected chi connectivity index (χ4v) is 4.93. The predicted molar refractivity (Wildman–Crippen MR) is 149 cm³/mol. The van der Waals surface area contributed by atoms with E-state index < -0.39 is 0 Å². The number of nitrogens with one attached hydrogen (secondary N) is 3. The van der Waals surface area contributed by atoms with Crippen molar-refractivity contribution in [3.8, 4) is 0 Å². The molecule has 1 aliphatic heterocycles. The third-order valence-electron chi connectivity index (χ3n) is 7.28. The topological polar surface area (TPSA) is 56.1 Å². The van der Waals surface area contributed by atoms with Gasteiger partial charge in [0.05, 0.1) is 6.04 Å². The van der Waals surface area contributed by atoms with E-state index in [4.69, 9.17) is 5.41 Å².